The van der Waals surface area contributed by atoms with E-state index < -0.39 is 10.8 Å². The van der Waals surface area contributed by atoms with Crippen LogP contribution in [0.4, 0.5) is 5.69 Å². The number of nitrogens with zero attached hydrogens (tertiary/aromatic N) is 2. The molecule has 0 unspecified atom stereocenters. The number of para-hydroxylation sites is 1. The molecule has 0 fully saturated rings. The Morgan fingerprint density at radius 3 is 2.70 bits per heavy atom. The van der Waals surface area contributed by atoms with E-state index in [0.29, 0.717) is 9.13 Å². The summed E-state index contributed by atoms with van der Waals surface area (Å²) < 4.78 is 1.55. The van der Waals surface area contributed by atoms with Gasteiger partial charge >= 0.3 is 0 Å². The fourth-order valence-corrected chi connectivity index (χ4v) is 3.62. The van der Waals surface area contributed by atoms with Gasteiger partial charge in [0.15, 0.2) is 0 Å². The van der Waals surface area contributed by atoms with Crippen molar-refractivity contribution in [3.8, 4) is 5.75 Å². The van der Waals surface area contributed by atoms with Crippen LogP contribution in [0.5, 0.6) is 5.75 Å². The molecule has 2 N–H and O–H groups in total. The van der Waals surface area contributed by atoms with Crippen molar-refractivity contribution in [1.29, 1.82) is 0 Å². The van der Waals surface area contributed by atoms with Crippen molar-refractivity contribution in [2.45, 2.75) is 0 Å². The molecule has 23 heavy (non-hydrogen) atoms. The SMILES string of the molecule is O=C(N/N=C\c1cc(I)cc(I)c1O)c1ccccc1[N+](=O)[O-]. The van der Waals surface area contributed by atoms with Crippen molar-refractivity contribution >= 4 is 63.0 Å². The van der Waals surface area contributed by atoms with Gasteiger partial charge in [-0.1, -0.05) is 12.1 Å². The Hall–Kier alpha value is -1.76. The molecule has 9 heteroatoms. The zero-order valence-electron chi connectivity index (χ0n) is 11.4. The molecule has 2 rings (SSSR count). The van der Waals surface area contributed by atoms with E-state index in [-0.39, 0.29) is 17.0 Å². The predicted octanol–water partition coefficient (Wildman–Crippen LogP) is 3.27. The Morgan fingerprint density at radius 1 is 1.30 bits per heavy atom. The number of hydrazone groups is 1. The monoisotopic (exact) mass is 537 g/mol. The average Bonchev–Trinajstić information content (AvgIpc) is 2.51. The fourth-order valence-electron chi connectivity index (χ4n) is 1.73. The molecule has 0 radical (unpaired) electrons. The van der Waals surface area contributed by atoms with Crippen molar-refractivity contribution < 1.29 is 14.8 Å². The third kappa shape index (κ3) is 4.37. The van der Waals surface area contributed by atoms with Crippen molar-refractivity contribution in [2.24, 2.45) is 5.10 Å². The molecule has 0 aliphatic rings. The van der Waals surface area contributed by atoms with Crippen LogP contribution in [-0.2, 0) is 0 Å². The van der Waals surface area contributed by atoms with E-state index >= 15 is 0 Å². The van der Waals surface area contributed by atoms with E-state index in [1.165, 1.54) is 30.5 Å². The first-order valence-electron chi connectivity index (χ1n) is 6.15. The molecule has 0 aromatic heterocycles. The van der Waals surface area contributed by atoms with Gasteiger partial charge in [-0.25, -0.2) is 5.43 Å². The lowest BCUT2D eigenvalue weighted by Crippen LogP contribution is -2.19. The number of amides is 1. The molecule has 0 bridgehead atoms. The summed E-state index contributed by atoms with van der Waals surface area (Å²) in [5, 5.41) is 24.6. The highest BCUT2D eigenvalue weighted by Gasteiger charge is 2.18. The number of carbonyl (C=O) groups excluding carboxylic acids is 1. The maximum atomic E-state index is 12.0. The molecule has 0 saturated carbocycles. The molecule has 1 amide bonds. The van der Waals surface area contributed by atoms with E-state index in [9.17, 15) is 20.0 Å². The van der Waals surface area contributed by atoms with Crippen LogP contribution in [0.15, 0.2) is 41.5 Å². The van der Waals surface area contributed by atoms with Crippen molar-refractivity contribution in [3.63, 3.8) is 0 Å². The summed E-state index contributed by atoms with van der Waals surface area (Å²) in [5.74, 6) is -0.650. The maximum Gasteiger partial charge on any atom is 0.282 e. The van der Waals surface area contributed by atoms with Crippen molar-refractivity contribution in [3.05, 3.63) is 64.8 Å². The van der Waals surface area contributed by atoms with Gasteiger partial charge in [0.1, 0.15) is 11.3 Å². The molecular weight excluding hydrogens is 528 g/mol. The summed E-state index contributed by atoms with van der Waals surface area (Å²) in [5.41, 5.74) is 2.27. The topological polar surface area (TPSA) is 105 Å². The van der Waals surface area contributed by atoms with Crippen molar-refractivity contribution in [1.82, 2.24) is 5.43 Å². The van der Waals surface area contributed by atoms with Gasteiger partial charge < -0.3 is 5.11 Å². The lowest BCUT2D eigenvalue weighted by molar-refractivity contribution is -0.385. The largest absolute Gasteiger partial charge is 0.506 e. The summed E-state index contributed by atoms with van der Waals surface area (Å²) in [6.07, 6.45) is 1.28. The highest BCUT2D eigenvalue weighted by atomic mass is 127. The van der Waals surface area contributed by atoms with Crippen LogP contribution in [-0.4, -0.2) is 22.2 Å². The molecular formula is C14H9I2N3O4. The Morgan fingerprint density at radius 2 is 2.00 bits per heavy atom. The standard InChI is InChI=1S/C14H9I2N3O4/c15-9-5-8(13(20)11(16)6-9)7-17-18-14(21)10-3-1-2-4-12(10)19(22)23/h1-7,20H,(H,18,21)/b17-7-. The molecule has 0 atom stereocenters. The Bertz CT molecular complexity index is 809. The van der Waals surface area contributed by atoms with E-state index in [1.807, 2.05) is 22.6 Å². The van der Waals surface area contributed by atoms with Gasteiger partial charge in [-0.15, -0.1) is 0 Å². The van der Waals surface area contributed by atoms with Crippen LogP contribution in [0.1, 0.15) is 15.9 Å². The zero-order valence-corrected chi connectivity index (χ0v) is 15.7. The number of phenolic OH excluding ortho intramolecular Hbond substituents is 1. The molecule has 0 heterocycles. The number of nitro groups is 1. The van der Waals surface area contributed by atoms with Gasteiger partial charge in [-0.05, 0) is 63.4 Å². The van der Waals surface area contributed by atoms with Gasteiger partial charge in [-0.2, -0.15) is 5.10 Å². The zero-order chi connectivity index (χ0) is 17.0. The number of nitrogens with one attached hydrogen (secondary N) is 1. The number of hydrogen-bond donors (Lipinski definition) is 2. The van der Waals surface area contributed by atoms with Crippen LogP contribution in [0, 0.1) is 17.3 Å². The van der Waals surface area contributed by atoms with Crippen LogP contribution in [0.2, 0.25) is 0 Å². The van der Waals surface area contributed by atoms with Crippen molar-refractivity contribution in [2.75, 3.05) is 0 Å². The third-order valence-electron chi connectivity index (χ3n) is 2.77. The smallest absolute Gasteiger partial charge is 0.282 e. The Kier molecular flexibility index (Phi) is 5.87. The molecule has 2 aromatic rings. The minimum Gasteiger partial charge on any atom is -0.506 e. The van der Waals surface area contributed by atoms with E-state index in [0.717, 1.165) is 3.57 Å². The Balaban J connectivity index is 2.19. The van der Waals surface area contributed by atoms with Gasteiger partial charge in [-0.3, -0.25) is 14.9 Å². The van der Waals surface area contributed by atoms with E-state index in [2.05, 4.69) is 33.1 Å². The number of halogens is 2. The fraction of sp³-hybridized carbons (Fsp3) is 0. The lowest BCUT2D eigenvalue weighted by Gasteiger charge is -2.03. The highest BCUT2D eigenvalue weighted by Crippen LogP contribution is 2.25. The van der Waals surface area contributed by atoms with Gasteiger partial charge in [0.25, 0.3) is 11.6 Å². The van der Waals surface area contributed by atoms with Crippen LogP contribution in [0.3, 0.4) is 0 Å². The predicted molar refractivity (Wildman–Crippen MR) is 102 cm³/mol. The number of carbonyl (C=O) groups is 1. The summed E-state index contributed by atoms with van der Waals surface area (Å²) in [6, 6.07) is 9.07. The molecule has 0 aliphatic carbocycles. The summed E-state index contributed by atoms with van der Waals surface area (Å²) in [7, 11) is 0. The molecule has 7 nitrogen and oxygen atoms in total. The quantitative estimate of drug-likeness (QED) is 0.271. The second kappa shape index (κ2) is 7.68. The van der Waals surface area contributed by atoms with Gasteiger partial charge in [0.2, 0.25) is 0 Å². The summed E-state index contributed by atoms with van der Waals surface area (Å²) in [4.78, 5) is 22.2. The first-order valence-corrected chi connectivity index (χ1v) is 8.30. The lowest BCUT2D eigenvalue weighted by atomic mass is 10.2. The normalized spacial score (nSPS) is 10.7. The number of rotatable bonds is 4. The van der Waals surface area contributed by atoms with Crippen LogP contribution >= 0.6 is 45.2 Å². The van der Waals surface area contributed by atoms with Gasteiger partial charge in [0, 0.05) is 15.2 Å². The molecule has 118 valence electrons. The number of aromatic hydroxyl groups is 1. The summed E-state index contributed by atoms with van der Waals surface area (Å²) in [6.45, 7) is 0. The second-order valence-corrected chi connectivity index (χ2v) is 6.71. The molecule has 0 saturated heterocycles. The van der Waals surface area contributed by atoms with Crippen LogP contribution in [0.25, 0.3) is 0 Å². The van der Waals surface area contributed by atoms with E-state index in [4.69, 9.17) is 0 Å². The molecule has 0 spiro atoms. The first kappa shape index (κ1) is 17.6. The van der Waals surface area contributed by atoms with Gasteiger partial charge in [0.05, 0.1) is 14.7 Å². The highest BCUT2D eigenvalue weighted by molar-refractivity contribution is 14.1. The molecule has 0 aliphatic heterocycles. The number of phenols is 1. The third-order valence-corrected chi connectivity index (χ3v) is 4.22. The Labute approximate surface area is 158 Å². The summed E-state index contributed by atoms with van der Waals surface area (Å²) >= 11 is 4.08. The average molecular weight is 537 g/mol. The number of nitro benzene ring substituents is 1. The number of benzene rings is 2. The van der Waals surface area contributed by atoms with Crippen LogP contribution < -0.4 is 5.43 Å². The van der Waals surface area contributed by atoms with E-state index in [1.54, 1.807) is 12.1 Å². The minimum absolute atomic E-state index is 0.0507. The second-order valence-electron chi connectivity index (χ2n) is 4.30. The number of hydrogen-bond acceptors (Lipinski definition) is 5. The first-order chi connectivity index (χ1) is 10.9. The molecule has 2 aromatic carbocycles. The maximum absolute atomic E-state index is 12.0. The minimum atomic E-state index is -0.701.